The summed E-state index contributed by atoms with van der Waals surface area (Å²) >= 11 is 9.43. The molecule has 1 unspecified atom stereocenters. The van der Waals surface area contributed by atoms with Crippen molar-refractivity contribution in [3.05, 3.63) is 27.7 Å². The molecule has 2 amide bonds. The van der Waals surface area contributed by atoms with Crippen molar-refractivity contribution < 1.29 is 9.59 Å². The van der Waals surface area contributed by atoms with Crippen LogP contribution in [0, 0.1) is 5.41 Å². The molecule has 1 aliphatic rings. The summed E-state index contributed by atoms with van der Waals surface area (Å²) in [6.07, 6.45) is 0. The highest BCUT2D eigenvalue weighted by atomic mass is 79.9. The first-order valence-corrected chi connectivity index (χ1v) is 7.43. The molecule has 0 bridgehead atoms. The van der Waals surface area contributed by atoms with Gasteiger partial charge >= 0.3 is 0 Å². The van der Waals surface area contributed by atoms with Crippen LogP contribution < -0.4 is 10.2 Å². The van der Waals surface area contributed by atoms with Crippen molar-refractivity contribution in [1.29, 1.82) is 0 Å². The van der Waals surface area contributed by atoms with Gasteiger partial charge in [-0.3, -0.25) is 9.59 Å². The molecule has 0 aromatic heterocycles. The number of nitrogens with zero attached hydrogens (tertiary/aromatic N) is 1. The number of hydrogen-bond donors (Lipinski definition) is 1. The van der Waals surface area contributed by atoms with Gasteiger partial charge in [0.05, 0.1) is 15.2 Å². The molecule has 1 aromatic carbocycles. The Morgan fingerprint density at radius 2 is 2.00 bits per heavy atom. The molecule has 1 atom stereocenters. The van der Waals surface area contributed by atoms with Crippen molar-refractivity contribution >= 4 is 45.0 Å². The van der Waals surface area contributed by atoms with Crippen LogP contribution in [0.4, 0.5) is 5.69 Å². The maximum atomic E-state index is 12.6. The van der Waals surface area contributed by atoms with Crippen LogP contribution in [0.15, 0.2) is 22.7 Å². The molecule has 108 valence electrons. The number of amides is 2. The fraction of sp³-hybridized carbons (Fsp3) is 0.429. The summed E-state index contributed by atoms with van der Waals surface area (Å²) in [6.45, 7) is 5.77. The van der Waals surface area contributed by atoms with E-state index in [-0.39, 0.29) is 23.8 Å². The molecule has 2 rings (SSSR count). The molecule has 6 heteroatoms. The van der Waals surface area contributed by atoms with Crippen molar-refractivity contribution in [2.75, 3.05) is 11.4 Å². The maximum absolute atomic E-state index is 12.6. The zero-order valence-corrected chi connectivity index (χ0v) is 13.9. The Morgan fingerprint density at radius 3 is 2.60 bits per heavy atom. The molecule has 1 saturated heterocycles. The number of benzene rings is 1. The zero-order valence-electron chi connectivity index (χ0n) is 11.5. The Balaban J connectivity index is 2.43. The Bertz CT molecular complexity index is 569. The van der Waals surface area contributed by atoms with Gasteiger partial charge in [-0.05, 0) is 33.5 Å². The molecule has 1 aliphatic heterocycles. The van der Waals surface area contributed by atoms with Crippen molar-refractivity contribution in [2.24, 2.45) is 5.41 Å². The van der Waals surface area contributed by atoms with Crippen molar-refractivity contribution in [1.82, 2.24) is 5.32 Å². The normalized spacial score (nSPS) is 20.1. The van der Waals surface area contributed by atoms with Crippen LogP contribution in [0.5, 0.6) is 0 Å². The lowest BCUT2D eigenvalue weighted by Crippen LogP contribution is -2.62. The van der Waals surface area contributed by atoms with Crippen LogP contribution in [0.25, 0.3) is 0 Å². The van der Waals surface area contributed by atoms with E-state index in [0.717, 1.165) is 0 Å². The van der Waals surface area contributed by atoms with Gasteiger partial charge in [-0.1, -0.05) is 38.4 Å². The smallest absolute Gasteiger partial charge is 0.250 e. The van der Waals surface area contributed by atoms with E-state index in [4.69, 9.17) is 11.6 Å². The predicted molar refractivity (Wildman–Crippen MR) is 82.9 cm³/mol. The van der Waals surface area contributed by atoms with Gasteiger partial charge in [-0.2, -0.15) is 0 Å². The summed E-state index contributed by atoms with van der Waals surface area (Å²) in [5.41, 5.74) is 0.266. The third-order valence-corrected chi connectivity index (χ3v) is 4.58. The summed E-state index contributed by atoms with van der Waals surface area (Å²) < 4.78 is 0.623. The van der Waals surface area contributed by atoms with Crippen LogP contribution >= 0.6 is 27.5 Å². The summed E-state index contributed by atoms with van der Waals surface area (Å²) in [4.78, 5) is 26.0. The van der Waals surface area contributed by atoms with Gasteiger partial charge in [0, 0.05) is 0 Å². The lowest BCUT2D eigenvalue weighted by atomic mass is 9.84. The number of rotatable bonds is 1. The molecule has 1 aromatic rings. The van der Waals surface area contributed by atoms with Gasteiger partial charge < -0.3 is 10.2 Å². The number of hydrogen-bond acceptors (Lipinski definition) is 2. The first-order chi connectivity index (χ1) is 9.21. The number of nitrogens with one attached hydrogen (secondary N) is 1. The second kappa shape index (κ2) is 5.37. The van der Waals surface area contributed by atoms with Gasteiger partial charge in [0.1, 0.15) is 12.6 Å². The number of carbonyl (C=O) groups excluding carboxylic acids is 2. The molecule has 0 radical (unpaired) electrons. The van der Waals surface area contributed by atoms with Crippen LogP contribution in [0.3, 0.4) is 0 Å². The molecule has 0 saturated carbocycles. The molecule has 0 spiro atoms. The highest BCUT2D eigenvalue weighted by Gasteiger charge is 2.41. The van der Waals surface area contributed by atoms with E-state index in [9.17, 15) is 9.59 Å². The van der Waals surface area contributed by atoms with Crippen LogP contribution in [-0.2, 0) is 9.59 Å². The van der Waals surface area contributed by atoms with Crippen molar-refractivity contribution in [3.8, 4) is 0 Å². The highest BCUT2D eigenvalue weighted by molar-refractivity contribution is 9.10. The predicted octanol–water partition coefficient (Wildman–Crippen LogP) is 2.98. The minimum Gasteiger partial charge on any atom is -0.342 e. The summed E-state index contributed by atoms with van der Waals surface area (Å²) in [7, 11) is 0. The van der Waals surface area contributed by atoms with Crippen molar-refractivity contribution in [2.45, 2.75) is 26.8 Å². The molecule has 20 heavy (non-hydrogen) atoms. The van der Waals surface area contributed by atoms with Crippen LogP contribution in [-0.4, -0.2) is 24.4 Å². The molecule has 1 heterocycles. The Morgan fingerprint density at radius 1 is 1.35 bits per heavy atom. The quantitative estimate of drug-likeness (QED) is 0.838. The summed E-state index contributed by atoms with van der Waals surface area (Å²) in [5.74, 6) is -0.295. The van der Waals surface area contributed by atoms with Gasteiger partial charge in [0.25, 0.3) is 5.91 Å². The Kier molecular flexibility index (Phi) is 4.12. The minimum atomic E-state index is -0.547. The Labute approximate surface area is 131 Å². The second-order valence-corrected chi connectivity index (χ2v) is 7.06. The summed E-state index contributed by atoms with van der Waals surface area (Å²) in [6, 6.07) is 4.71. The van der Waals surface area contributed by atoms with E-state index in [1.807, 2.05) is 20.8 Å². The van der Waals surface area contributed by atoms with E-state index in [2.05, 4.69) is 21.2 Å². The van der Waals surface area contributed by atoms with Crippen LogP contribution in [0.1, 0.15) is 20.8 Å². The fourth-order valence-corrected chi connectivity index (χ4v) is 2.79. The van der Waals surface area contributed by atoms with Gasteiger partial charge in [-0.25, -0.2) is 0 Å². The largest absolute Gasteiger partial charge is 0.342 e. The number of anilines is 1. The molecule has 4 nitrogen and oxygen atoms in total. The highest BCUT2D eigenvalue weighted by Crippen LogP contribution is 2.35. The fourth-order valence-electron chi connectivity index (χ4n) is 2.14. The van der Waals surface area contributed by atoms with E-state index in [1.165, 1.54) is 4.90 Å². The lowest BCUT2D eigenvalue weighted by molar-refractivity contribution is -0.133. The number of piperazine rings is 1. The minimum absolute atomic E-state index is 0.00432. The third-order valence-electron chi connectivity index (χ3n) is 3.21. The standard InChI is InChI=1S/C14H16BrClN2O2/c1-14(2,3)12-13(20)18(7-10(19)17-12)9-6-4-5-8(16)11(9)15/h4-6,12H,7H2,1-3H3,(H,17,19). The van der Waals surface area contributed by atoms with E-state index >= 15 is 0 Å². The molecule has 1 fully saturated rings. The van der Waals surface area contributed by atoms with E-state index in [1.54, 1.807) is 18.2 Å². The Hall–Kier alpha value is -1.07. The van der Waals surface area contributed by atoms with E-state index in [0.29, 0.717) is 15.2 Å². The number of carbonyl (C=O) groups is 2. The molecule has 0 aliphatic carbocycles. The molecular formula is C14H16BrClN2O2. The first kappa shape index (κ1) is 15.3. The average Bonchev–Trinajstić information content (AvgIpc) is 2.34. The third kappa shape index (κ3) is 2.83. The van der Waals surface area contributed by atoms with Crippen molar-refractivity contribution in [3.63, 3.8) is 0 Å². The topological polar surface area (TPSA) is 49.4 Å². The zero-order chi connectivity index (χ0) is 15.1. The van der Waals surface area contributed by atoms with E-state index < -0.39 is 6.04 Å². The number of halogens is 2. The maximum Gasteiger partial charge on any atom is 0.250 e. The van der Waals surface area contributed by atoms with Gasteiger partial charge in [0.2, 0.25) is 5.91 Å². The van der Waals surface area contributed by atoms with Gasteiger partial charge in [0.15, 0.2) is 0 Å². The first-order valence-electron chi connectivity index (χ1n) is 6.26. The molecular weight excluding hydrogens is 344 g/mol. The molecule has 1 N–H and O–H groups in total. The van der Waals surface area contributed by atoms with Crippen LogP contribution in [0.2, 0.25) is 5.02 Å². The monoisotopic (exact) mass is 358 g/mol. The van der Waals surface area contributed by atoms with Gasteiger partial charge in [-0.15, -0.1) is 0 Å². The second-order valence-electron chi connectivity index (χ2n) is 5.86. The summed E-state index contributed by atoms with van der Waals surface area (Å²) in [5, 5.41) is 3.27. The SMILES string of the molecule is CC(C)(C)C1NC(=O)CN(c2cccc(Cl)c2Br)C1=O. The average molecular weight is 360 g/mol. The lowest BCUT2D eigenvalue weighted by Gasteiger charge is -2.39.